The first-order chi connectivity index (χ1) is 9.28. The zero-order chi connectivity index (χ0) is 13.2. The van der Waals surface area contributed by atoms with E-state index in [-0.39, 0.29) is 11.9 Å². The number of hydrogen-bond acceptors (Lipinski definition) is 5. The van der Waals surface area contributed by atoms with Gasteiger partial charge in [-0.3, -0.25) is 0 Å². The van der Waals surface area contributed by atoms with E-state index in [2.05, 4.69) is 9.97 Å². The van der Waals surface area contributed by atoms with Crippen LogP contribution < -0.4 is 4.74 Å². The highest BCUT2D eigenvalue weighted by Gasteiger charge is 2.11. The molecule has 3 rings (SSSR count). The molecule has 2 heterocycles. The van der Waals surface area contributed by atoms with Crippen LogP contribution in [0, 0.1) is 0 Å². The molecule has 0 bridgehead atoms. The van der Waals surface area contributed by atoms with Crippen LogP contribution in [0.3, 0.4) is 0 Å². The Morgan fingerprint density at radius 1 is 1.21 bits per heavy atom. The number of rotatable bonds is 3. The van der Waals surface area contributed by atoms with Crippen molar-refractivity contribution >= 4 is 33.2 Å². The highest BCUT2D eigenvalue weighted by molar-refractivity contribution is 7.16. The van der Waals surface area contributed by atoms with Crippen LogP contribution in [0.5, 0.6) is 11.6 Å². The first-order valence-corrected chi connectivity index (χ1v) is 6.81. The highest BCUT2D eigenvalue weighted by Crippen LogP contribution is 2.32. The monoisotopic (exact) mass is 292 g/mol. The summed E-state index contributed by atoms with van der Waals surface area (Å²) in [4.78, 5) is 9.00. The normalized spacial score (nSPS) is 10.8. The lowest BCUT2D eigenvalue weighted by Crippen LogP contribution is -1.94. The van der Waals surface area contributed by atoms with E-state index in [1.807, 2.05) is 23.6 Å². The maximum atomic E-state index is 9.29. The Balaban J connectivity index is 2.07. The smallest absolute Gasteiger partial charge is 0.232 e. The zero-order valence-corrected chi connectivity index (χ0v) is 11.3. The number of aliphatic hydroxyl groups is 1. The first kappa shape index (κ1) is 12.3. The number of ether oxygens (including phenoxy) is 1. The van der Waals surface area contributed by atoms with Gasteiger partial charge < -0.3 is 9.84 Å². The van der Waals surface area contributed by atoms with Gasteiger partial charge in [-0.15, -0.1) is 11.3 Å². The van der Waals surface area contributed by atoms with Crippen LogP contribution >= 0.6 is 22.9 Å². The minimum atomic E-state index is -0.0955. The average molecular weight is 293 g/mol. The summed E-state index contributed by atoms with van der Waals surface area (Å²) >= 11 is 7.35. The third-order valence-electron chi connectivity index (χ3n) is 2.61. The number of hydrogen-bond donors (Lipinski definition) is 1. The Morgan fingerprint density at radius 2 is 2.05 bits per heavy atom. The molecule has 19 heavy (non-hydrogen) atoms. The van der Waals surface area contributed by atoms with Gasteiger partial charge in [-0.05, 0) is 29.1 Å². The predicted octanol–water partition coefficient (Wildman–Crippen LogP) is 3.63. The molecule has 0 atom stereocenters. The maximum Gasteiger partial charge on any atom is 0.232 e. The lowest BCUT2D eigenvalue weighted by atomic mass is 10.2. The SMILES string of the molecule is OCc1ccccc1Oc1nc(Cl)nc2sccc12. The van der Waals surface area contributed by atoms with Gasteiger partial charge in [-0.1, -0.05) is 18.2 Å². The fourth-order valence-corrected chi connectivity index (χ4v) is 2.69. The Labute approximate surface area is 118 Å². The molecule has 96 valence electrons. The lowest BCUT2D eigenvalue weighted by molar-refractivity contribution is 0.276. The molecule has 0 amide bonds. The van der Waals surface area contributed by atoms with Crippen molar-refractivity contribution in [3.05, 3.63) is 46.6 Å². The molecule has 0 radical (unpaired) electrons. The minimum Gasteiger partial charge on any atom is -0.438 e. The molecule has 2 aromatic heterocycles. The van der Waals surface area contributed by atoms with Gasteiger partial charge in [0, 0.05) is 5.56 Å². The number of nitrogens with zero attached hydrogens (tertiary/aromatic N) is 2. The Morgan fingerprint density at radius 3 is 2.89 bits per heavy atom. The summed E-state index contributed by atoms with van der Waals surface area (Å²) in [6.07, 6.45) is 0. The van der Waals surface area contributed by atoms with Gasteiger partial charge in [0.25, 0.3) is 0 Å². The van der Waals surface area contributed by atoms with E-state index in [0.717, 1.165) is 10.2 Å². The first-order valence-electron chi connectivity index (χ1n) is 5.55. The number of aromatic nitrogens is 2. The van der Waals surface area contributed by atoms with Gasteiger partial charge in [0.2, 0.25) is 11.2 Å². The highest BCUT2D eigenvalue weighted by atomic mass is 35.5. The van der Waals surface area contributed by atoms with Crippen LogP contribution in [0.4, 0.5) is 0 Å². The molecule has 1 aromatic carbocycles. The molecular weight excluding hydrogens is 284 g/mol. The number of para-hydroxylation sites is 1. The van der Waals surface area contributed by atoms with Gasteiger partial charge >= 0.3 is 0 Å². The largest absolute Gasteiger partial charge is 0.438 e. The molecule has 0 aliphatic rings. The van der Waals surface area contributed by atoms with E-state index in [1.54, 1.807) is 12.1 Å². The van der Waals surface area contributed by atoms with E-state index < -0.39 is 0 Å². The number of fused-ring (bicyclic) bond motifs is 1. The van der Waals surface area contributed by atoms with Crippen molar-refractivity contribution in [1.82, 2.24) is 9.97 Å². The molecule has 0 fully saturated rings. The van der Waals surface area contributed by atoms with E-state index in [9.17, 15) is 5.11 Å². The third-order valence-corrected chi connectivity index (χ3v) is 3.59. The number of thiophene rings is 1. The summed E-state index contributed by atoms with van der Waals surface area (Å²) in [6, 6.07) is 9.13. The van der Waals surface area contributed by atoms with Crippen LogP contribution in [0.15, 0.2) is 35.7 Å². The van der Waals surface area contributed by atoms with Gasteiger partial charge in [-0.25, -0.2) is 4.98 Å². The van der Waals surface area contributed by atoms with Gasteiger partial charge in [0.05, 0.1) is 12.0 Å². The molecule has 1 N–H and O–H groups in total. The number of aliphatic hydroxyl groups excluding tert-OH is 1. The molecular formula is C13H9ClN2O2S. The number of halogens is 1. The van der Waals surface area contributed by atoms with Gasteiger partial charge in [0.15, 0.2) is 0 Å². The topological polar surface area (TPSA) is 55.2 Å². The van der Waals surface area contributed by atoms with Crippen LogP contribution in [-0.4, -0.2) is 15.1 Å². The molecule has 0 unspecified atom stereocenters. The van der Waals surface area contributed by atoms with Crippen LogP contribution in [0.1, 0.15) is 5.56 Å². The molecule has 0 spiro atoms. The summed E-state index contributed by atoms with van der Waals surface area (Å²) < 4.78 is 5.76. The molecule has 0 saturated heterocycles. The summed E-state index contributed by atoms with van der Waals surface area (Å²) in [7, 11) is 0. The van der Waals surface area contributed by atoms with E-state index in [4.69, 9.17) is 16.3 Å². The number of benzene rings is 1. The Bertz CT molecular complexity index is 729. The molecule has 4 nitrogen and oxygen atoms in total. The second-order valence-electron chi connectivity index (χ2n) is 3.81. The standard InChI is InChI=1S/C13H9ClN2O2S/c14-13-15-11(9-5-6-19-12(9)16-13)18-10-4-2-1-3-8(10)7-17/h1-6,17H,7H2. The second-order valence-corrected chi connectivity index (χ2v) is 5.04. The zero-order valence-electron chi connectivity index (χ0n) is 9.71. The van der Waals surface area contributed by atoms with Crippen molar-refractivity contribution < 1.29 is 9.84 Å². The molecule has 0 aliphatic carbocycles. The Kier molecular flexibility index (Phi) is 3.33. The van der Waals surface area contributed by atoms with Gasteiger partial charge in [-0.2, -0.15) is 4.98 Å². The molecule has 6 heteroatoms. The second kappa shape index (κ2) is 5.13. The van der Waals surface area contributed by atoms with Crippen LogP contribution in [0.2, 0.25) is 5.28 Å². The van der Waals surface area contributed by atoms with E-state index in [0.29, 0.717) is 17.2 Å². The summed E-state index contributed by atoms with van der Waals surface area (Å²) in [5, 5.41) is 12.1. The Hall–Kier alpha value is -1.69. The summed E-state index contributed by atoms with van der Waals surface area (Å²) in [5.41, 5.74) is 0.695. The molecule has 0 aliphatic heterocycles. The average Bonchev–Trinajstić information content (AvgIpc) is 2.87. The van der Waals surface area contributed by atoms with Gasteiger partial charge in [0.1, 0.15) is 10.6 Å². The predicted molar refractivity (Wildman–Crippen MR) is 74.9 cm³/mol. The summed E-state index contributed by atoms with van der Waals surface area (Å²) in [6.45, 7) is -0.0955. The fourth-order valence-electron chi connectivity index (χ4n) is 1.72. The fraction of sp³-hybridized carbons (Fsp3) is 0.0769. The quantitative estimate of drug-likeness (QED) is 0.749. The molecule has 3 aromatic rings. The van der Waals surface area contributed by atoms with E-state index in [1.165, 1.54) is 11.3 Å². The summed E-state index contributed by atoms with van der Waals surface area (Å²) in [5.74, 6) is 0.962. The van der Waals surface area contributed by atoms with E-state index >= 15 is 0 Å². The van der Waals surface area contributed by atoms with Crippen molar-refractivity contribution in [1.29, 1.82) is 0 Å². The van der Waals surface area contributed by atoms with Crippen molar-refractivity contribution in [2.24, 2.45) is 0 Å². The van der Waals surface area contributed by atoms with Crippen molar-refractivity contribution in [2.75, 3.05) is 0 Å². The van der Waals surface area contributed by atoms with Crippen LogP contribution in [0.25, 0.3) is 10.2 Å². The van der Waals surface area contributed by atoms with Crippen molar-refractivity contribution in [3.63, 3.8) is 0 Å². The van der Waals surface area contributed by atoms with Crippen LogP contribution in [-0.2, 0) is 6.61 Å². The van der Waals surface area contributed by atoms with Crippen molar-refractivity contribution in [2.45, 2.75) is 6.61 Å². The maximum absolute atomic E-state index is 9.29. The lowest BCUT2D eigenvalue weighted by Gasteiger charge is -2.09. The van der Waals surface area contributed by atoms with Crippen molar-refractivity contribution in [3.8, 4) is 11.6 Å². The molecule has 0 saturated carbocycles. The minimum absolute atomic E-state index is 0.0955. The third kappa shape index (κ3) is 2.40.